The summed E-state index contributed by atoms with van der Waals surface area (Å²) in [4.78, 5) is 0. The van der Waals surface area contributed by atoms with E-state index in [0.717, 1.165) is 0 Å². The monoisotopic (exact) mass is 144 g/mol. The number of hydrogen-bond acceptors (Lipinski definition) is 1. The number of thioether (sulfide) groups is 1. The van der Waals surface area contributed by atoms with Gasteiger partial charge in [0.1, 0.15) is 0 Å². The predicted octanol–water partition coefficient (Wildman–Crippen LogP) is 3.12. The molecule has 0 aromatic carbocycles. The van der Waals surface area contributed by atoms with Crippen molar-refractivity contribution in [2.24, 2.45) is 0 Å². The molecule has 0 aliphatic heterocycles. The first-order valence-electron chi connectivity index (χ1n) is 3.14. The van der Waals surface area contributed by atoms with Crippen molar-refractivity contribution in [3.05, 3.63) is 25.3 Å². The molecule has 54 valence electrons. The van der Waals surface area contributed by atoms with Crippen LogP contribution < -0.4 is 0 Å². The van der Waals surface area contributed by atoms with E-state index in [1.165, 1.54) is 11.5 Å². The van der Waals surface area contributed by atoms with Gasteiger partial charge in [-0.15, -0.1) is 0 Å². The Kier molecular flexibility index (Phi) is 20.2. The third-order valence-electron chi connectivity index (χ3n) is 0.575. The number of rotatable bonds is 3. The summed E-state index contributed by atoms with van der Waals surface area (Å²) in [5.74, 6) is 2.52. The molecule has 0 unspecified atom stereocenters. The highest BCUT2D eigenvalue weighted by molar-refractivity contribution is 7.99. The average Bonchev–Trinajstić information content (AvgIpc) is 1.91. The first-order chi connectivity index (χ1) is 4.33. The van der Waals surface area contributed by atoms with Gasteiger partial charge >= 0.3 is 0 Å². The Bertz CT molecular complexity index is 49.6. The Labute approximate surface area is 63.0 Å². The molecular formula is C8H16S. The Morgan fingerprint density at radius 1 is 1.11 bits per heavy atom. The summed E-state index contributed by atoms with van der Waals surface area (Å²) in [5, 5.41) is 0. The molecular weight excluding hydrogens is 128 g/mol. The maximum atomic E-state index is 3.36. The van der Waals surface area contributed by atoms with Gasteiger partial charge in [0.15, 0.2) is 0 Å². The van der Waals surface area contributed by atoms with E-state index in [4.69, 9.17) is 0 Å². The van der Waals surface area contributed by atoms with Crippen LogP contribution in [0.1, 0.15) is 13.8 Å². The van der Waals surface area contributed by atoms with Crippen LogP contribution in [0.15, 0.2) is 25.3 Å². The SMILES string of the molecule is C=CC=C.CCSCC. The highest BCUT2D eigenvalue weighted by Gasteiger charge is 1.67. The van der Waals surface area contributed by atoms with E-state index >= 15 is 0 Å². The average molecular weight is 144 g/mol. The molecule has 9 heavy (non-hydrogen) atoms. The molecule has 0 amide bonds. The highest BCUT2D eigenvalue weighted by Crippen LogP contribution is 1.93. The van der Waals surface area contributed by atoms with E-state index < -0.39 is 0 Å². The molecule has 0 atom stereocenters. The Hall–Kier alpha value is -0.170. The predicted molar refractivity (Wildman–Crippen MR) is 49.1 cm³/mol. The van der Waals surface area contributed by atoms with E-state index in [-0.39, 0.29) is 0 Å². The summed E-state index contributed by atoms with van der Waals surface area (Å²) in [6.45, 7) is 11.1. The fourth-order valence-corrected chi connectivity index (χ4v) is 0.612. The molecule has 0 radical (unpaired) electrons. The molecule has 0 aliphatic carbocycles. The van der Waals surface area contributed by atoms with Crippen LogP contribution in [0.3, 0.4) is 0 Å². The minimum atomic E-state index is 1.26. The van der Waals surface area contributed by atoms with Crippen molar-refractivity contribution in [2.45, 2.75) is 13.8 Å². The van der Waals surface area contributed by atoms with Crippen LogP contribution >= 0.6 is 11.8 Å². The fourth-order valence-electron chi connectivity index (χ4n) is 0.204. The van der Waals surface area contributed by atoms with Gasteiger partial charge in [0, 0.05) is 0 Å². The summed E-state index contributed by atoms with van der Waals surface area (Å²) >= 11 is 1.96. The van der Waals surface area contributed by atoms with Crippen LogP contribution in [0.4, 0.5) is 0 Å². The molecule has 0 nitrogen and oxygen atoms in total. The molecule has 0 bridgehead atoms. The van der Waals surface area contributed by atoms with Gasteiger partial charge in [0.2, 0.25) is 0 Å². The Morgan fingerprint density at radius 3 is 1.44 bits per heavy atom. The fraction of sp³-hybridized carbons (Fsp3) is 0.500. The van der Waals surface area contributed by atoms with Gasteiger partial charge in [-0.05, 0) is 11.5 Å². The van der Waals surface area contributed by atoms with E-state index in [9.17, 15) is 0 Å². The normalized spacial score (nSPS) is 6.89. The lowest BCUT2D eigenvalue weighted by Gasteiger charge is -1.80. The lowest BCUT2D eigenvalue weighted by atomic mass is 10.6. The largest absolute Gasteiger partial charge is 0.163 e. The van der Waals surface area contributed by atoms with E-state index in [0.29, 0.717) is 0 Å². The van der Waals surface area contributed by atoms with Crippen LogP contribution in [-0.2, 0) is 0 Å². The summed E-state index contributed by atoms with van der Waals surface area (Å²) in [6.07, 6.45) is 3.28. The van der Waals surface area contributed by atoms with Crippen molar-refractivity contribution >= 4 is 11.8 Å². The van der Waals surface area contributed by atoms with Gasteiger partial charge in [-0.2, -0.15) is 11.8 Å². The topological polar surface area (TPSA) is 0 Å². The molecule has 0 aliphatic rings. The molecule has 0 fully saturated rings. The molecule has 1 heteroatoms. The smallest absolute Gasteiger partial charge is 0.00961 e. The molecule has 0 heterocycles. The number of allylic oxidation sites excluding steroid dienone is 2. The molecule has 0 rings (SSSR count). The van der Waals surface area contributed by atoms with Crippen LogP contribution in [0.2, 0.25) is 0 Å². The van der Waals surface area contributed by atoms with Gasteiger partial charge in [0.05, 0.1) is 0 Å². The van der Waals surface area contributed by atoms with Crippen molar-refractivity contribution in [1.29, 1.82) is 0 Å². The third-order valence-corrected chi connectivity index (χ3v) is 1.39. The third kappa shape index (κ3) is 33.2. The standard InChI is InChI=1S/C4H10S.C4H6/c1-3-5-4-2;1-3-4-2/h3-4H2,1-2H3;3-4H,1-2H2. The molecule has 0 aromatic heterocycles. The van der Waals surface area contributed by atoms with Gasteiger partial charge < -0.3 is 0 Å². The van der Waals surface area contributed by atoms with Crippen molar-refractivity contribution in [3.63, 3.8) is 0 Å². The van der Waals surface area contributed by atoms with Crippen molar-refractivity contribution < 1.29 is 0 Å². The van der Waals surface area contributed by atoms with Gasteiger partial charge in [-0.1, -0.05) is 39.2 Å². The van der Waals surface area contributed by atoms with Crippen molar-refractivity contribution in [2.75, 3.05) is 11.5 Å². The second-order valence-corrected chi connectivity index (χ2v) is 2.82. The second kappa shape index (κ2) is 15.7. The zero-order valence-corrected chi connectivity index (χ0v) is 7.21. The molecule has 0 saturated heterocycles. The van der Waals surface area contributed by atoms with Crippen LogP contribution in [0.5, 0.6) is 0 Å². The maximum Gasteiger partial charge on any atom is -0.00961 e. The first kappa shape index (κ1) is 11.6. The van der Waals surface area contributed by atoms with Crippen LogP contribution in [0.25, 0.3) is 0 Å². The highest BCUT2D eigenvalue weighted by atomic mass is 32.2. The summed E-state index contributed by atoms with van der Waals surface area (Å²) in [6, 6.07) is 0. The first-order valence-corrected chi connectivity index (χ1v) is 4.30. The van der Waals surface area contributed by atoms with Crippen molar-refractivity contribution in [3.8, 4) is 0 Å². The minimum absolute atomic E-state index is 1.26. The zero-order valence-electron chi connectivity index (χ0n) is 6.39. The molecule has 0 spiro atoms. The number of hydrogen-bond donors (Lipinski definition) is 0. The quantitative estimate of drug-likeness (QED) is 0.548. The van der Waals surface area contributed by atoms with Crippen LogP contribution in [-0.4, -0.2) is 11.5 Å². The zero-order chi connectivity index (χ0) is 7.54. The van der Waals surface area contributed by atoms with E-state index in [1.807, 2.05) is 11.8 Å². The Morgan fingerprint density at radius 2 is 1.44 bits per heavy atom. The van der Waals surface area contributed by atoms with E-state index in [1.54, 1.807) is 12.2 Å². The summed E-state index contributed by atoms with van der Waals surface area (Å²) < 4.78 is 0. The Balaban J connectivity index is 0. The summed E-state index contributed by atoms with van der Waals surface area (Å²) in [7, 11) is 0. The molecule has 0 aromatic rings. The summed E-state index contributed by atoms with van der Waals surface area (Å²) in [5.41, 5.74) is 0. The van der Waals surface area contributed by atoms with Crippen molar-refractivity contribution in [1.82, 2.24) is 0 Å². The van der Waals surface area contributed by atoms with Gasteiger partial charge in [-0.3, -0.25) is 0 Å². The lowest BCUT2D eigenvalue weighted by Crippen LogP contribution is -1.64. The van der Waals surface area contributed by atoms with E-state index in [2.05, 4.69) is 27.0 Å². The lowest BCUT2D eigenvalue weighted by molar-refractivity contribution is 1.46. The molecule has 0 N–H and O–H groups in total. The second-order valence-electron chi connectivity index (χ2n) is 1.25. The maximum absolute atomic E-state index is 3.36. The molecule has 0 saturated carbocycles. The van der Waals surface area contributed by atoms with Gasteiger partial charge in [-0.25, -0.2) is 0 Å². The van der Waals surface area contributed by atoms with Gasteiger partial charge in [0.25, 0.3) is 0 Å². The van der Waals surface area contributed by atoms with Crippen LogP contribution in [0, 0.1) is 0 Å². The minimum Gasteiger partial charge on any atom is -0.163 e.